The highest BCUT2D eigenvalue weighted by Crippen LogP contribution is 2.13. The maximum atomic E-state index is 12.2. The van der Waals surface area contributed by atoms with Gasteiger partial charge in [-0.05, 0) is 36.9 Å². The van der Waals surface area contributed by atoms with Gasteiger partial charge in [0.1, 0.15) is 0 Å². The van der Waals surface area contributed by atoms with Gasteiger partial charge in [0, 0.05) is 12.5 Å². The summed E-state index contributed by atoms with van der Waals surface area (Å²) in [4.78, 5) is 0. The van der Waals surface area contributed by atoms with Crippen molar-refractivity contribution in [2.75, 3.05) is 13.2 Å². The maximum Gasteiger partial charge on any atom is 0.0934 e. The summed E-state index contributed by atoms with van der Waals surface area (Å²) in [5.41, 5.74) is 2.45. The third-order valence-electron chi connectivity index (χ3n) is 3.02. The van der Waals surface area contributed by atoms with Gasteiger partial charge in [0.05, 0.1) is 6.67 Å². The van der Waals surface area contributed by atoms with Crippen LogP contribution in [-0.4, -0.2) is 19.3 Å². The lowest BCUT2D eigenvalue weighted by molar-refractivity contribution is 0.495. The molecule has 0 bridgehead atoms. The molecule has 0 aliphatic carbocycles. The summed E-state index contributed by atoms with van der Waals surface area (Å²) in [5.74, 6) is 0. The number of rotatable bonds is 4. The molecule has 2 rings (SSSR count). The van der Waals surface area contributed by atoms with E-state index in [-0.39, 0.29) is 6.67 Å². The van der Waals surface area contributed by atoms with Gasteiger partial charge in [-0.25, -0.2) is 0 Å². The van der Waals surface area contributed by atoms with E-state index in [0.717, 1.165) is 18.5 Å². The van der Waals surface area contributed by atoms with E-state index in [9.17, 15) is 4.39 Å². The van der Waals surface area contributed by atoms with Gasteiger partial charge in [-0.3, -0.25) is 4.39 Å². The fourth-order valence-corrected chi connectivity index (χ4v) is 2.24. The summed E-state index contributed by atoms with van der Waals surface area (Å²) in [6.45, 7) is 0.889. The van der Waals surface area contributed by atoms with Crippen LogP contribution in [0.25, 0.3) is 0 Å². The molecule has 0 amide bonds. The molecule has 2 heteroatoms. The third-order valence-corrected chi connectivity index (χ3v) is 3.02. The van der Waals surface area contributed by atoms with Gasteiger partial charge >= 0.3 is 0 Å². The van der Waals surface area contributed by atoms with Crippen LogP contribution in [0.3, 0.4) is 0 Å². The SMILES string of the molecule is FCCc1cccc(CC2CCCN2)c1. The molecule has 1 saturated heterocycles. The number of alkyl halides is 1. The molecule has 0 radical (unpaired) electrons. The summed E-state index contributed by atoms with van der Waals surface area (Å²) in [6, 6.07) is 8.95. The van der Waals surface area contributed by atoms with Gasteiger partial charge in [-0.1, -0.05) is 24.3 Å². The van der Waals surface area contributed by atoms with Crippen LogP contribution in [0, 0.1) is 0 Å². The van der Waals surface area contributed by atoms with Crippen molar-refractivity contribution in [3.63, 3.8) is 0 Å². The zero-order valence-corrected chi connectivity index (χ0v) is 9.01. The number of nitrogens with one attached hydrogen (secondary N) is 1. The first kappa shape index (κ1) is 10.6. The lowest BCUT2D eigenvalue weighted by Gasteiger charge is -2.10. The second kappa shape index (κ2) is 5.26. The number of hydrogen-bond donors (Lipinski definition) is 1. The summed E-state index contributed by atoms with van der Waals surface area (Å²) in [5, 5.41) is 3.48. The topological polar surface area (TPSA) is 12.0 Å². The largest absolute Gasteiger partial charge is 0.314 e. The second-order valence-electron chi connectivity index (χ2n) is 4.26. The van der Waals surface area contributed by atoms with E-state index in [1.165, 1.54) is 18.4 Å². The predicted molar refractivity (Wildman–Crippen MR) is 60.8 cm³/mol. The summed E-state index contributed by atoms with van der Waals surface area (Å²) < 4.78 is 12.2. The van der Waals surface area contributed by atoms with E-state index in [2.05, 4.69) is 17.4 Å². The normalized spacial score (nSPS) is 20.7. The quantitative estimate of drug-likeness (QED) is 0.800. The first-order valence-electron chi connectivity index (χ1n) is 5.75. The Morgan fingerprint density at radius 2 is 2.20 bits per heavy atom. The van der Waals surface area contributed by atoms with Gasteiger partial charge in [0.25, 0.3) is 0 Å². The van der Waals surface area contributed by atoms with E-state index in [1.807, 2.05) is 12.1 Å². The molecule has 0 spiro atoms. The van der Waals surface area contributed by atoms with Crippen molar-refractivity contribution in [2.45, 2.75) is 31.7 Å². The highest BCUT2D eigenvalue weighted by molar-refractivity contribution is 5.24. The molecule has 1 N–H and O–H groups in total. The standard InChI is InChI=1S/C13H18FN/c14-7-6-11-3-1-4-12(9-11)10-13-5-2-8-15-13/h1,3-4,9,13,15H,2,5-8,10H2. The van der Waals surface area contributed by atoms with Crippen molar-refractivity contribution in [1.82, 2.24) is 5.32 Å². The van der Waals surface area contributed by atoms with E-state index in [0.29, 0.717) is 12.5 Å². The fraction of sp³-hybridized carbons (Fsp3) is 0.538. The molecule has 0 saturated carbocycles. The third kappa shape index (κ3) is 3.03. The average Bonchev–Trinajstić information content (AvgIpc) is 2.71. The van der Waals surface area contributed by atoms with Crippen molar-refractivity contribution < 1.29 is 4.39 Å². The molecular formula is C13H18FN. The Kier molecular flexibility index (Phi) is 3.73. The Labute approximate surface area is 90.7 Å². The molecule has 0 aromatic heterocycles. The molecule has 1 aromatic rings. The van der Waals surface area contributed by atoms with Crippen LogP contribution >= 0.6 is 0 Å². The lowest BCUT2D eigenvalue weighted by Crippen LogP contribution is -2.23. The van der Waals surface area contributed by atoms with Crippen LogP contribution in [0.4, 0.5) is 4.39 Å². The van der Waals surface area contributed by atoms with Crippen LogP contribution < -0.4 is 5.32 Å². The summed E-state index contributed by atoms with van der Waals surface area (Å²) >= 11 is 0. The minimum absolute atomic E-state index is 0.259. The van der Waals surface area contributed by atoms with Crippen molar-refractivity contribution in [3.8, 4) is 0 Å². The van der Waals surface area contributed by atoms with Gasteiger partial charge < -0.3 is 5.32 Å². The Bertz CT molecular complexity index is 305. The van der Waals surface area contributed by atoms with E-state index < -0.39 is 0 Å². The van der Waals surface area contributed by atoms with Crippen LogP contribution in [0.15, 0.2) is 24.3 Å². The number of aryl methyl sites for hydroxylation is 1. The molecule has 1 fully saturated rings. The van der Waals surface area contributed by atoms with Crippen LogP contribution in [-0.2, 0) is 12.8 Å². The van der Waals surface area contributed by atoms with Crippen molar-refractivity contribution >= 4 is 0 Å². The van der Waals surface area contributed by atoms with Crippen LogP contribution in [0.1, 0.15) is 24.0 Å². The predicted octanol–water partition coefficient (Wildman–Crippen LogP) is 2.49. The molecule has 1 aliphatic heterocycles. The van der Waals surface area contributed by atoms with Gasteiger partial charge in [0.15, 0.2) is 0 Å². The smallest absolute Gasteiger partial charge is 0.0934 e. The van der Waals surface area contributed by atoms with Crippen molar-refractivity contribution in [1.29, 1.82) is 0 Å². The molecule has 1 heterocycles. The maximum absolute atomic E-state index is 12.2. The monoisotopic (exact) mass is 207 g/mol. The zero-order chi connectivity index (χ0) is 10.5. The first-order chi connectivity index (χ1) is 7.38. The molecule has 1 aliphatic rings. The molecule has 1 unspecified atom stereocenters. The van der Waals surface area contributed by atoms with Crippen LogP contribution in [0.2, 0.25) is 0 Å². The number of hydrogen-bond acceptors (Lipinski definition) is 1. The molecular weight excluding hydrogens is 189 g/mol. The number of halogens is 1. The molecule has 1 aromatic carbocycles. The highest BCUT2D eigenvalue weighted by Gasteiger charge is 2.14. The molecule has 15 heavy (non-hydrogen) atoms. The van der Waals surface area contributed by atoms with Crippen molar-refractivity contribution in [3.05, 3.63) is 35.4 Å². The molecule has 82 valence electrons. The molecule has 1 atom stereocenters. The molecule has 1 nitrogen and oxygen atoms in total. The Morgan fingerprint density at radius 3 is 2.93 bits per heavy atom. The van der Waals surface area contributed by atoms with Gasteiger partial charge in [0.2, 0.25) is 0 Å². The number of benzene rings is 1. The minimum atomic E-state index is -0.259. The van der Waals surface area contributed by atoms with Crippen LogP contribution in [0.5, 0.6) is 0 Å². The Morgan fingerprint density at radius 1 is 1.33 bits per heavy atom. The van der Waals surface area contributed by atoms with Gasteiger partial charge in [-0.15, -0.1) is 0 Å². The lowest BCUT2D eigenvalue weighted by atomic mass is 10.0. The first-order valence-corrected chi connectivity index (χ1v) is 5.75. The van der Waals surface area contributed by atoms with Gasteiger partial charge in [-0.2, -0.15) is 0 Å². The van der Waals surface area contributed by atoms with E-state index in [4.69, 9.17) is 0 Å². The summed E-state index contributed by atoms with van der Waals surface area (Å²) in [7, 11) is 0. The Hall–Kier alpha value is -0.890. The van der Waals surface area contributed by atoms with E-state index in [1.54, 1.807) is 0 Å². The average molecular weight is 207 g/mol. The minimum Gasteiger partial charge on any atom is -0.314 e. The summed E-state index contributed by atoms with van der Waals surface area (Å²) in [6.07, 6.45) is 4.19. The Balaban J connectivity index is 1.97. The highest BCUT2D eigenvalue weighted by atomic mass is 19.1. The van der Waals surface area contributed by atoms with E-state index >= 15 is 0 Å². The van der Waals surface area contributed by atoms with Crippen molar-refractivity contribution in [2.24, 2.45) is 0 Å². The fourth-order valence-electron chi connectivity index (χ4n) is 2.24. The second-order valence-corrected chi connectivity index (χ2v) is 4.26. The zero-order valence-electron chi connectivity index (χ0n) is 9.01.